The minimum atomic E-state index is -3.80. The summed E-state index contributed by atoms with van der Waals surface area (Å²) in [4.78, 5) is 34.9. The van der Waals surface area contributed by atoms with Crippen LogP contribution in [0.1, 0.15) is 10.4 Å². The Morgan fingerprint density at radius 1 is 1.04 bits per heavy atom. The Hall–Kier alpha value is -3.40. The molecular weight excluding hydrogens is 360 g/mol. The van der Waals surface area contributed by atoms with E-state index in [0.717, 1.165) is 5.01 Å². The van der Waals surface area contributed by atoms with Crippen molar-refractivity contribution in [3.63, 3.8) is 0 Å². The Morgan fingerprint density at radius 2 is 1.77 bits per heavy atom. The van der Waals surface area contributed by atoms with Crippen molar-refractivity contribution in [2.75, 3.05) is 11.3 Å². The van der Waals surface area contributed by atoms with E-state index in [4.69, 9.17) is 0 Å². The van der Waals surface area contributed by atoms with E-state index in [2.05, 4.69) is 10.1 Å². The van der Waals surface area contributed by atoms with Gasteiger partial charge in [-0.25, -0.2) is 18.2 Å². The van der Waals surface area contributed by atoms with Crippen LogP contribution in [0.5, 0.6) is 0 Å². The van der Waals surface area contributed by atoms with Crippen LogP contribution < -0.4 is 15.5 Å². The Morgan fingerprint density at radius 3 is 2.42 bits per heavy atom. The number of hydrazine groups is 1. The van der Waals surface area contributed by atoms with E-state index in [-0.39, 0.29) is 22.7 Å². The maximum atomic E-state index is 12.3. The third kappa shape index (κ3) is 3.81. The van der Waals surface area contributed by atoms with Gasteiger partial charge in [-0.3, -0.25) is 25.1 Å². The first-order chi connectivity index (χ1) is 12.3. The van der Waals surface area contributed by atoms with E-state index in [0.29, 0.717) is 0 Å². The molecule has 0 unspecified atom stereocenters. The van der Waals surface area contributed by atoms with Gasteiger partial charge in [0.25, 0.3) is 15.9 Å². The van der Waals surface area contributed by atoms with Crippen LogP contribution in [0.2, 0.25) is 0 Å². The molecular formula is C16H14N4O5S. The van der Waals surface area contributed by atoms with Crippen molar-refractivity contribution in [3.05, 3.63) is 60.2 Å². The first-order valence-electron chi connectivity index (χ1n) is 7.45. The van der Waals surface area contributed by atoms with Crippen molar-refractivity contribution in [1.29, 1.82) is 0 Å². The predicted octanol–water partition coefficient (Wildman–Crippen LogP) is 0.684. The zero-order chi connectivity index (χ0) is 18.7. The summed E-state index contributed by atoms with van der Waals surface area (Å²) in [6, 6.07) is 12.8. The van der Waals surface area contributed by atoms with Crippen LogP contribution >= 0.6 is 0 Å². The minimum Gasteiger partial charge on any atom is -0.280 e. The van der Waals surface area contributed by atoms with E-state index < -0.39 is 27.9 Å². The molecule has 0 radical (unpaired) electrons. The molecule has 9 nitrogen and oxygen atoms in total. The van der Waals surface area contributed by atoms with E-state index in [1.807, 2.05) is 5.32 Å². The maximum absolute atomic E-state index is 12.3. The number of anilines is 1. The highest BCUT2D eigenvalue weighted by atomic mass is 32.2. The van der Waals surface area contributed by atoms with Gasteiger partial charge in [0.2, 0.25) is 5.91 Å². The lowest BCUT2D eigenvalue weighted by Crippen LogP contribution is -2.44. The van der Waals surface area contributed by atoms with E-state index in [9.17, 15) is 22.8 Å². The van der Waals surface area contributed by atoms with Gasteiger partial charge in [-0.05, 0) is 30.3 Å². The molecule has 1 aliphatic rings. The van der Waals surface area contributed by atoms with Crippen molar-refractivity contribution in [1.82, 2.24) is 15.8 Å². The average Bonchev–Trinajstić information content (AvgIpc) is 2.92. The van der Waals surface area contributed by atoms with Gasteiger partial charge in [0.15, 0.2) is 0 Å². The first kappa shape index (κ1) is 17.4. The molecule has 0 aromatic heterocycles. The van der Waals surface area contributed by atoms with E-state index in [1.165, 1.54) is 36.4 Å². The van der Waals surface area contributed by atoms with E-state index >= 15 is 0 Å². The van der Waals surface area contributed by atoms with Crippen LogP contribution in [-0.4, -0.2) is 37.8 Å². The molecule has 10 heteroatoms. The Bertz CT molecular complexity index is 975. The van der Waals surface area contributed by atoms with Crippen LogP contribution in [0.3, 0.4) is 0 Å². The molecule has 3 rings (SSSR count). The van der Waals surface area contributed by atoms with Crippen LogP contribution in [0, 0.1) is 0 Å². The first-order valence-corrected chi connectivity index (χ1v) is 8.94. The van der Waals surface area contributed by atoms with Gasteiger partial charge in [0, 0.05) is 11.3 Å². The molecule has 134 valence electrons. The number of carbonyl (C=O) groups is 3. The van der Waals surface area contributed by atoms with Gasteiger partial charge in [-0.2, -0.15) is 0 Å². The molecule has 1 saturated heterocycles. The standard InChI is InChI=1S/C16H14N4O5S/c21-14-10-20(16(23)17-14)18-15(22)11-5-4-6-12(9-11)19-26(24,25)13-7-2-1-3-8-13/h1-9,19H,10H2,(H,18,22)(H,17,21,23). The number of nitrogens with zero attached hydrogens (tertiary/aromatic N) is 1. The van der Waals surface area contributed by atoms with Crippen molar-refractivity contribution in [2.45, 2.75) is 4.90 Å². The highest BCUT2D eigenvalue weighted by molar-refractivity contribution is 7.92. The molecule has 0 saturated carbocycles. The third-order valence-electron chi connectivity index (χ3n) is 3.46. The normalized spacial score (nSPS) is 14.1. The molecule has 0 atom stereocenters. The van der Waals surface area contributed by atoms with Crippen molar-refractivity contribution >= 4 is 33.6 Å². The highest BCUT2D eigenvalue weighted by Crippen LogP contribution is 2.17. The average molecular weight is 374 g/mol. The lowest BCUT2D eigenvalue weighted by molar-refractivity contribution is -0.118. The van der Waals surface area contributed by atoms with Gasteiger partial charge in [0.05, 0.1) is 4.90 Å². The van der Waals surface area contributed by atoms with Crippen molar-refractivity contribution in [2.24, 2.45) is 0 Å². The number of benzene rings is 2. The Labute approximate surface area is 149 Å². The highest BCUT2D eigenvalue weighted by Gasteiger charge is 2.28. The number of urea groups is 1. The number of amides is 4. The summed E-state index contributed by atoms with van der Waals surface area (Å²) >= 11 is 0. The summed E-state index contributed by atoms with van der Waals surface area (Å²) < 4.78 is 27.0. The van der Waals surface area contributed by atoms with Gasteiger partial charge in [-0.1, -0.05) is 24.3 Å². The second-order valence-corrected chi connectivity index (χ2v) is 7.06. The third-order valence-corrected chi connectivity index (χ3v) is 4.86. The molecule has 0 bridgehead atoms. The molecule has 1 heterocycles. The summed E-state index contributed by atoms with van der Waals surface area (Å²) in [5, 5.41) is 2.86. The molecule has 0 spiro atoms. The molecule has 4 amide bonds. The van der Waals surface area contributed by atoms with Crippen molar-refractivity contribution in [3.8, 4) is 0 Å². The molecule has 3 N–H and O–H groups in total. The molecule has 0 aliphatic carbocycles. The quantitative estimate of drug-likeness (QED) is 0.664. The summed E-state index contributed by atoms with van der Waals surface area (Å²) in [6.45, 7) is -0.287. The number of carbonyl (C=O) groups excluding carboxylic acids is 3. The monoisotopic (exact) mass is 374 g/mol. The largest absolute Gasteiger partial charge is 0.343 e. The topological polar surface area (TPSA) is 125 Å². The van der Waals surface area contributed by atoms with Crippen molar-refractivity contribution < 1.29 is 22.8 Å². The summed E-state index contributed by atoms with van der Waals surface area (Å²) in [5.41, 5.74) is 2.58. The number of imide groups is 1. The second kappa shape index (κ2) is 6.84. The zero-order valence-corrected chi connectivity index (χ0v) is 14.1. The van der Waals surface area contributed by atoms with Crippen LogP contribution in [0.25, 0.3) is 0 Å². The minimum absolute atomic E-state index is 0.0853. The predicted molar refractivity (Wildman–Crippen MR) is 91.4 cm³/mol. The fourth-order valence-corrected chi connectivity index (χ4v) is 3.33. The fraction of sp³-hybridized carbons (Fsp3) is 0.0625. The van der Waals surface area contributed by atoms with Gasteiger partial charge >= 0.3 is 6.03 Å². The number of nitrogens with one attached hydrogen (secondary N) is 3. The second-order valence-electron chi connectivity index (χ2n) is 5.38. The lowest BCUT2D eigenvalue weighted by Gasteiger charge is -2.15. The number of sulfonamides is 1. The SMILES string of the molecule is O=C1CN(NC(=O)c2cccc(NS(=O)(=O)c3ccccc3)c2)C(=O)N1. The summed E-state index contributed by atoms with van der Waals surface area (Å²) in [7, 11) is -3.80. The lowest BCUT2D eigenvalue weighted by atomic mass is 10.2. The van der Waals surface area contributed by atoms with Gasteiger partial charge in [-0.15, -0.1) is 0 Å². The smallest absolute Gasteiger partial charge is 0.280 e. The number of hydrogen-bond donors (Lipinski definition) is 3. The van der Waals surface area contributed by atoms with Gasteiger partial charge in [0.1, 0.15) is 6.54 Å². The number of hydrogen-bond acceptors (Lipinski definition) is 5. The zero-order valence-electron chi connectivity index (χ0n) is 13.3. The van der Waals surface area contributed by atoms with Crippen LogP contribution in [0.15, 0.2) is 59.5 Å². The molecule has 26 heavy (non-hydrogen) atoms. The fourth-order valence-electron chi connectivity index (χ4n) is 2.26. The van der Waals surface area contributed by atoms with E-state index in [1.54, 1.807) is 18.2 Å². The molecule has 1 fully saturated rings. The summed E-state index contributed by atoms with van der Waals surface area (Å²) in [6.07, 6.45) is 0. The number of rotatable bonds is 5. The Kier molecular flexibility index (Phi) is 4.59. The van der Waals surface area contributed by atoms with Crippen LogP contribution in [-0.2, 0) is 14.8 Å². The van der Waals surface area contributed by atoms with Gasteiger partial charge < -0.3 is 0 Å². The molecule has 2 aromatic carbocycles. The summed E-state index contributed by atoms with van der Waals surface area (Å²) in [5.74, 6) is -1.18. The Balaban J connectivity index is 1.75. The molecule has 2 aromatic rings. The maximum Gasteiger partial charge on any atom is 0.343 e. The van der Waals surface area contributed by atoms with Crippen LogP contribution in [0.4, 0.5) is 10.5 Å². The molecule has 1 aliphatic heterocycles.